The smallest absolute Gasteiger partial charge is 0.240 e. The van der Waals surface area contributed by atoms with Crippen molar-refractivity contribution in [2.45, 2.75) is 50.0 Å². The average molecular weight is 423 g/mol. The lowest BCUT2D eigenvalue weighted by Gasteiger charge is -2.33. The van der Waals surface area contributed by atoms with Crippen LogP contribution >= 0.6 is 0 Å². The molecule has 29 heavy (non-hydrogen) atoms. The monoisotopic (exact) mass is 422 g/mol. The number of guanidine groups is 1. The van der Waals surface area contributed by atoms with Crippen molar-refractivity contribution in [3.63, 3.8) is 0 Å². The van der Waals surface area contributed by atoms with Crippen molar-refractivity contribution in [3.05, 3.63) is 29.8 Å². The van der Waals surface area contributed by atoms with E-state index in [1.165, 1.54) is 38.5 Å². The minimum absolute atomic E-state index is 0.260. The van der Waals surface area contributed by atoms with Crippen molar-refractivity contribution < 1.29 is 13.2 Å². The molecule has 0 amide bonds. The first-order valence-corrected chi connectivity index (χ1v) is 12.0. The summed E-state index contributed by atoms with van der Waals surface area (Å²) in [6.07, 6.45) is 8.03. The summed E-state index contributed by atoms with van der Waals surface area (Å²) < 4.78 is 31.9. The maximum Gasteiger partial charge on any atom is 0.240 e. The SMILES string of the molecule is CN=C(NCc1ccc(S(=O)(=O)NCCOC)cc1)N1CCC2(CCCCC2)C1. The Morgan fingerprint density at radius 3 is 2.55 bits per heavy atom. The topological polar surface area (TPSA) is 83.0 Å². The minimum atomic E-state index is -3.50. The molecular formula is C21H34N4O3S. The van der Waals surface area contributed by atoms with E-state index in [4.69, 9.17) is 4.74 Å². The van der Waals surface area contributed by atoms with Crippen molar-refractivity contribution >= 4 is 16.0 Å². The van der Waals surface area contributed by atoms with Gasteiger partial charge in [0, 0.05) is 40.3 Å². The Morgan fingerprint density at radius 2 is 1.90 bits per heavy atom. The highest BCUT2D eigenvalue weighted by Gasteiger charge is 2.39. The van der Waals surface area contributed by atoms with Crippen LogP contribution in [0.5, 0.6) is 0 Å². The minimum Gasteiger partial charge on any atom is -0.383 e. The number of aliphatic imine (C=N–C) groups is 1. The number of benzene rings is 1. The molecule has 162 valence electrons. The Kier molecular flexibility index (Phi) is 7.54. The molecule has 1 heterocycles. The van der Waals surface area contributed by atoms with E-state index < -0.39 is 10.0 Å². The molecule has 1 aromatic carbocycles. The number of sulfonamides is 1. The number of ether oxygens (including phenoxy) is 1. The molecule has 7 nitrogen and oxygen atoms in total. The fourth-order valence-electron chi connectivity index (χ4n) is 4.49. The predicted molar refractivity (Wildman–Crippen MR) is 115 cm³/mol. The van der Waals surface area contributed by atoms with Gasteiger partial charge in [-0.3, -0.25) is 4.99 Å². The summed E-state index contributed by atoms with van der Waals surface area (Å²) in [5.41, 5.74) is 1.51. The number of likely N-dealkylation sites (tertiary alicyclic amines) is 1. The van der Waals surface area contributed by atoms with Gasteiger partial charge >= 0.3 is 0 Å². The fourth-order valence-corrected chi connectivity index (χ4v) is 5.50. The van der Waals surface area contributed by atoms with E-state index in [1.807, 2.05) is 19.2 Å². The molecule has 8 heteroatoms. The summed E-state index contributed by atoms with van der Waals surface area (Å²) in [5, 5.41) is 3.44. The zero-order chi connectivity index (χ0) is 20.7. The van der Waals surface area contributed by atoms with Crippen LogP contribution in [0.15, 0.2) is 34.2 Å². The third-order valence-electron chi connectivity index (χ3n) is 6.15. The number of methoxy groups -OCH3 is 1. The van der Waals surface area contributed by atoms with Crippen LogP contribution < -0.4 is 10.0 Å². The van der Waals surface area contributed by atoms with Gasteiger partial charge in [-0.1, -0.05) is 31.4 Å². The first-order chi connectivity index (χ1) is 14.0. The summed E-state index contributed by atoms with van der Waals surface area (Å²) in [7, 11) is -0.125. The van der Waals surface area contributed by atoms with Gasteiger partial charge in [-0.2, -0.15) is 0 Å². The molecule has 1 saturated carbocycles. The predicted octanol–water partition coefficient (Wildman–Crippen LogP) is 2.34. The molecule has 0 aromatic heterocycles. The van der Waals surface area contributed by atoms with Crippen molar-refractivity contribution in [1.29, 1.82) is 0 Å². The maximum atomic E-state index is 12.2. The first-order valence-electron chi connectivity index (χ1n) is 10.5. The van der Waals surface area contributed by atoms with Crippen molar-refractivity contribution in [2.24, 2.45) is 10.4 Å². The molecule has 3 rings (SSSR count). The Labute approximate surface area is 175 Å². The Hall–Kier alpha value is -1.64. The normalized spacial score (nSPS) is 19.7. The largest absolute Gasteiger partial charge is 0.383 e. The molecular weight excluding hydrogens is 388 g/mol. The number of hydrogen-bond acceptors (Lipinski definition) is 4. The zero-order valence-corrected chi connectivity index (χ0v) is 18.4. The lowest BCUT2D eigenvalue weighted by molar-refractivity contribution is 0.203. The second-order valence-corrected chi connectivity index (χ2v) is 9.93. The summed E-state index contributed by atoms with van der Waals surface area (Å²) >= 11 is 0. The highest BCUT2D eigenvalue weighted by molar-refractivity contribution is 7.89. The zero-order valence-electron chi connectivity index (χ0n) is 17.6. The summed E-state index contributed by atoms with van der Waals surface area (Å²) in [5.74, 6) is 0.936. The van der Waals surface area contributed by atoms with E-state index in [1.54, 1.807) is 19.2 Å². The lowest BCUT2D eigenvalue weighted by Crippen LogP contribution is -2.41. The summed E-state index contributed by atoms with van der Waals surface area (Å²) in [4.78, 5) is 7.12. The van der Waals surface area contributed by atoms with Crippen LogP contribution in [0.1, 0.15) is 44.1 Å². The molecule has 0 unspecified atom stereocenters. The summed E-state index contributed by atoms with van der Waals surface area (Å²) in [6.45, 7) is 3.38. The van der Waals surface area contributed by atoms with Gasteiger partial charge in [-0.15, -0.1) is 0 Å². The van der Waals surface area contributed by atoms with Gasteiger partial charge < -0.3 is 15.0 Å². The van der Waals surface area contributed by atoms with Gasteiger partial charge in [0.1, 0.15) is 0 Å². The molecule has 1 saturated heterocycles. The molecule has 1 aliphatic carbocycles. The van der Waals surface area contributed by atoms with Gasteiger partial charge in [-0.25, -0.2) is 13.1 Å². The first kappa shape index (κ1) is 22.1. The third kappa shape index (κ3) is 5.71. The van der Waals surface area contributed by atoms with E-state index in [9.17, 15) is 8.42 Å². The highest BCUT2D eigenvalue weighted by Crippen LogP contribution is 2.43. The molecule has 1 aliphatic heterocycles. The molecule has 1 spiro atoms. The fraction of sp³-hybridized carbons (Fsp3) is 0.667. The van der Waals surface area contributed by atoms with Crippen molar-refractivity contribution in [3.8, 4) is 0 Å². The van der Waals surface area contributed by atoms with Crippen LogP contribution in [-0.2, 0) is 21.3 Å². The molecule has 2 N–H and O–H groups in total. The number of rotatable bonds is 7. The van der Waals surface area contributed by atoms with E-state index in [0.29, 0.717) is 18.6 Å². The van der Waals surface area contributed by atoms with Crippen LogP contribution in [0.4, 0.5) is 0 Å². The quantitative estimate of drug-likeness (QED) is 0.400. The van der Waals surface area contributed by atoms with Crippen molar-refractivity contribution in [2.75, 3.05) is 40.4 Å². The van der Waals surface area contributed by atoms with Crippen LogP contribution in [0, 0.1) is 5.41 Å². The van der Waals surface area contributed by atoms with E-state index >= 15 is 0 Å². The molecule has 0 radical (unpaired) electrons. The average Bonchev–Trinajstić information content (AvgIpc) is 3.12. The van der Waals surface area contributed by atoms with E-state index in [-0.39, 0.29) is 11.4 Å². The van der Waals surface area contributed by atoms with Gasteiger partial charge in [0.25, 0.3) is 0 Å². The molecule has 1 aromatic rings. The lowest BCUT2D eigenvalue weighted by atomic mass is 9.73. The van der Waals surface area contributed by atoms with Crippen LogP contribution in [0.2, 0.25) is 0 Å². The Balaban J connectivity index is 1.54. The standard InChI is InChI=1S/C21H34N4O3S/c1-22-20(25-14-12-21(17-25)10-4-3-5-11-21)23-16-18-6-8-19(9-7-18)29(26,27)24-13-15-28-2/h6-9,24H,3-5,10-17H2,1-2H3,(H,22,23). The Bertz CT molecular complexity index is 787. The van der Waals surface area contributed by atoms with Gasteiger partial charge in [0.15, 0.2) is 5.96 Å². The molecule has 0 atom stereocenters. The second kappa shape index (κ2) is 9.91. The summed E-state index contributed by atoms with van der Waals surface area (Å²) in [6, 6.07) is 6.97. The second-order valence-electron chi connectivity index (χ2n) is 8.17. The Morgan fingerprint density at radius 1 is 1.17 bits per heavy atom. The van der Waals surface area contributed by atoms with E-state index in [2.05, 4.69) is 19.9 Å². The molecule has 0 bridgehead atoms. The van der Waals surface area contributed by atoms with Gasteiger partial charge in [0.2, 0.25) is 10.0 Å². The maximum absolute atomic E-state index is 12.2. The van der Waals surface area contributed by atoms with E-state index in [0.717, 1.165) is 24.6 Å². The molecule has 2 aliphatic rings. The van der Waals surface area contributed by atoms with Gasteiger partial charge in [0.05, 0.1) is 11.5 Å². The number of nitrogens with one attached hydrogen (secondary N) is 2. The van der Waals surface area contributed by atoms with Crippen LogP contribution in [0.3, 0.4) is 0 Å². The molecule has 2 fully saturated rings. The van der Waals surface area contributed by atoms with Crippen molar-refractivity contribution in [1.82, 2.24) is 14.9 Å². The van der Waals surface area contributed by atoms with Crippen LogP contribution in [0.25, 0.3) is 0 Å². The number of hydrogen-bond donors (Lipinski definition) is 2. The van der Waals surface area contributed by atoms with Crippen LogP contribution in [-0.4, -0.2) is 59.7 Å². The number of nitrogens with zero attached hydrogens (tertiary/aromatic N) is 2. The van der Waals surface area contributed by atoms with Gasteiger partial charge in [-0.05, 0) is 42.4 Å². The third-order valence-corrected chi connectivity index (χ3v) is 7.62. The highest BCUT2D eigenvalue weighted by atomic mass is 32.2.